The van der Waals surface area contributed by atoms with E-state index in [1.54, 1.807) is 0 Å². The van der Waals surface area contributed by atoms with Gasteiger partial charge in [-0.15, -0.1) is 0 Å². The lowest BCUT2D eigenvalue weighted by Crippen LogP contribution is -2.30. The predicted octanol–water partition coefficient (Wildman–Crippen LogP) is 0.149. The highest BCUT2D eigenvalue weighted by molar-refractivity contribution is 14.1. The van der Waals surface area contributed by atoms with E-state index in [0.29, 0.717) is 3.70 Å². The van der Waals surface area contributed by atoms with Crippen LogP contribution in [-0.4, -0.2) is 32.3 Å². The SMILES string of the molecule is O=[N+]([O-])c1nc2n(c1I)CC(O)CO2. The van der Waals surface area contributed by atoms with E-state index in [-0.39, 0.29) is 25.0 Å². The molecule has 0 bridgehead atoms. The van der Waals surface area contributed by atoms with E-state index >= 15 is 0 Å². The molecule has 7 nitrogen and oxygen atoms in total. The van der Waals surface area contributed by atoms with Crippen molar-refractivity contribution in [3.8, 4) is 6.01 Å². The Labute approximate surface area is 92.0 Å². The van der Waals surface area contributed by atoms with Gasteiger partial charge in [0.25, 0.3) is 0 Å². The molecule has 0 radical (unpaired) electrons. The van der Waals surface area contributed by atoms with E-state index in [4.69, 9.17) is 4.74 Å². The van der Waals surface area contributed by atoms with Crippen LogP contribution >= 0.6 is 22.6 Å². The maximum Gasteiger partial charge on any atom is 0.415 e. The van der Waals surface area contributed by atoms with Crippen LogP contribution in [0, 0.1) is 13.8 Å². The summed E-state index contributed by atoms with van der Waals surface area (Å²) in [7, 11) is 0. The summed E-state index contributed by atoms with van der Waals surface area (Å²) < 4.78 is 6.91. The molecule has 1 N–H and O–H groups in total. The molecule has 0 saturated carbocycles. The minimum absolute atomic E-state index is 0.129. The van der Waals surface area contributed by atoms with Crippen LogP contribution in [-0.2, 0) is 6.54 Å². The van der Waals surface area contributed by atoms with Gasteiger partial charge >= 0.3 is 11.8 Å². The van der Waals surface area contributed by atoms with Crippen LogP contribution in [0.25, 0.3) is 0 Å². The fourth-order valence-corrected chi connectivity index (χ4v) is 1.94. The first-order valence-corrected chi connectivity index (χ1v) is 4.88. The number of hydrogen-bond acceptors (Lipinski definition) is 5. The Bertz CT molecular complexity index is 391. The first-order valence-electron chi connectivity index (χ1n) is 3.81. The molecule has 0 fully saturated rings. The molecule has 76 valence electrons. The summed E-state index contributed by atoms with van der Waals surface area (Å²) in [6.45, 7) is 0.415. The van der Waals surface area contributed by atoms with Gasteiger partial charge in [0, 0.05) is 4.98 Å². The number of aromatic nitrogens is 2. The molecule has 2 rings (SSSR count). The van der Waals surface area contributed by atoms with Gasteiger partial charge in [0.05, 0.1) is 6.54 Å². The molecule has 14 heavy (non-hydrogen) atoms. The Kier molecular flexibility index (Phi) is 2.31. The van der Waals surface area contributed by atoms with Crippen molar-refractivity contribution < 1.29 is 14.8 Å². The van der Waals surface area contributed by atoms with Crippen molar-refractivity contribution in [2.45, 2.75) is 12.6 Å². The Hall–Kier alpha value is -0.900. The third kappa shape index (κ3) is 1.43. The van der Waals surface area contributed by atoms with Crippen LogP contribution in [0.2, 0.25) is 0 Å². The second-order valence-corrected chi connectivity index (χ2v) is 3.86. The minimum Gasteiger partial charge on any atom is -0.443 e. The third-order valence-corrected chi connectivity index (χ3v) is 2.89. The Balaban J connectivity index is 2.46. The molecular weight excluding hydrogens is 305 g/mol. The number of rotatable bonds is 1. The topological polar surface area (TPSA) is 90.4 Å². The predicted molar refractivity (Wildman–Crippen MR) is 53.1 cm³/mol. The van der Waals surface area contributed by atoms with Crippen LogP contribution in [0.3, 0.4) is 0 Å². The number of aliphatic hydroxyl groups is 1. The smallest absolute Gasteiger partial charge is 0.415 e. The number of nitrogens with zero attached hydrogens (tertiary/aromatic N) is 3. The maximum atomic E-state index is 10.5. The Morgan fingerprint density at radius 2 is 2.50 bits per heavy atom. The first kappa shape index (κ1) is 9.65. The summed E-state index contributed by atoms with van der Waals surface area (Å²) in [5, 5.41) is 19.8. The van der Waals surface area contributed by atoms with Crippen LogP contribution in [0.4, 0.5) is 5.82 Å². The minimum atomic E-state index is -0.634. The molecule has 0 saturated heterocycles. The Morgan fingerprint density at radius 1 is 1.79 bits per heavy atom. The molecule has 1 aliphatic rings. The number of ether oxygens (including phenoxy) is 1. The van der Waals surface area contributed by atoms with Gasteiger partial charge in [0.15, 0.2) is 3.70 Å². The van der Waals surface area contributed by atoms with Crippen molar-refractivity contribution in [1.82, 2.24) is 9.55 Å². The number of nitro groups is 1. The van der Waals surface area contributed by atoms with Crippen LogP contribution in [0.1, 0.15) is 0 Å². The maximum absolute atomic E-state index is 10.5. The lowest BCUT2D eigenvalue weighted by Gasteiger charge is -2.17. The van der Waals surface area contributed by atoms with E-state index in [0.717, 1.165) is 0 Å². The number of imidazole rings is 1. The normalized spacial score (nSPS) is 20.0. The number of fused-ring (bicyclic) bond motifs is 1. The van der Waals surface area contributed by atoms with Crippen LogP contribution < -0.4 is 4.74 Å². The van der Waals surface area contributed by atoms with E-state index in [1.807, 2.05) is 22.6 Å². The van der Waals surface area contributed by atoms with E-state index in [2.05, 4.69) is 4.98 Å². The van der Waals surface area contributed by atoms with Crippen molar-refractivity contribution in [3.05, 3.63) is 13.8 Å². The summed E-state index contributed by atoms with van der Waals surface area (Å²) in [5.41, 5.74) is 0. The average Bonchev–Trinajstić information content (AvgIpc) is 2.44. The van der Waals surface area contributed by atoms with Gasteiger partial charge in [0.1, 0.15) is 12.7 Å². The lowest BCUT2D eigenvalue weighted by atomic mass is 10.3. The van der Waals surface area contributed by atoms with Gasteiger partial charge in [-0.1, -0.05) is 0 Å². The zero-order valence-electron chi connectivity index (χ0n) is 6.88. The number of hydrogen-bond donors (Lipinski definition) is 1. The summed E-state index contributed by atoms with van der Waals surface area (Å²) in [4.78, 5) is 13.7. The highest BCUT2D eigenvalue weighted by Gasteiger charge is 2.31. The van der Waals surface area contributed by atoms with E-state index in [9.17, 15) is 15.2 Å². The second-order valence-electron chi connectivity index (χ2n) is 2.84. The highest BCUT2D eigenvalue weighted by atomic mass is 127. The van der Waals surface area contributed by atoms with Crippen molar-refractivity contribution in [2.75, 3.05) is 6.61 Å². The van der Waals surface area contributed by atoms with Gasteiger partial charge in [-0.25, -0.2) is 0 Å². The lowest BCUT2D eigenvalue weighted by molar-refractivity contribution is -0.390. The molecule has 0 aromatic carbocycles. The van der Waals surface area contributed by atoms with Crippen molar-refractivity contribution in [3.63, 3.8) is 0 Å². The molecule has 1 unspecified atom stereocenters. The number of aliphatic hydroxyl groups excluding tert-OH is 1. The van der Waals surface area contributed by atoms with Gasteiger partial charge in [0.2, 0.25) is 0 Å². The van der Waals surface area contributed by atoms with Crippen molar-refractivity contribution in [2.24, 2.45) is 0 Å². The number of halogens is 1. The molecule has 8 heteroatoms. The van der Waals surface area contributed by atoms with Crippen molar-refractivity contribution in [1.29, 1.82) is 0 Å². The van der Waals surface area contributed by atoms with Crippen molar-refractivity contribution >= 4 is 28.4 Å². The Morgan fingerprint density at radius 3 is 3.14 bits per heavy atom. The summed E-state index contributed by atoms with van der Waals surface area (Å²) >= 11 is 1.81. The van der Waals surface area contributed by atoms with Crippen LogP contribution in [0.5, 0.6) is 6.01 Å². The van der Waals surface area contributed by atoms with E-state index in [1.165, 1.54) is 4.57 Å². The van der Waals surface area contributed by atoms with Gasteiger partial charge in [-0.2, -0.15) is 0 Å². The highest BCUT2D eigenvalue weighted by Crippen LogP contribution is 2.28. The van der Waals surface area contributed by atoms with E-state index < -0.39 is 11.0 Å². The third-order valence-electron chi connectivity index (χ3n) is 1.83. The van der Waals surface area contributed by atoms with Gasteiger partial charge in [-0.05, 0) is 27.5 Å². The molecule has 1 aliphatic heterocycles. The fraction of sp³-hybridized carbons (Fsp3) is 0.500. The zero-order chi connectivity index (χ0) is 10.3. The molecule has 1 aromatic heterocycles. The molecule has 1 atom stereocenters. The van der Waals surface area contributed by atoms with Gasteiger partial charge < -0.3 is 20.0 Å². The molecule has 2 heterocycles. The zero-order valence-corrected chi connectivity index (χ0v) is 9.04. The summed E-state index contributed by atoms with van der Waals surface area (Å²) in [6, 6.07) is 0.200. The molecular formula is C6H6IN3O4. The second kappa shape index (κ2) is 3.35. The molecule has 0 spiro atoms. The standard InChI is InChI=1S/C6H6IN3O4/c7-4-5(10(12)13)8-6-9(4)1-3(11)2-14-6/h3,11H,1-2H2. The largest absolute Gasteiger partial charge is 0.443 e. The first-order chi connectivity index (χ1) is 6.59. The fourth-order valence-electron chi connectivity index (χ4n) is 1.22. The average molecular weight is 311 g/mol. The summed E-state index contributed by atoms with van der Waals surface area (Å²) in [5.74, 6) is -0.227. The molecule has 1 aromatic rings. The monoisotopic (exact) mass is 311 g/mol. The molecule has 0 aliphatic carbocycles. The quantitative estimate of drug-likeness (QED) is 0.453. The summed E-state index contributed by atoms with van der Waals surface area (Å²) in [6.07, 6.45) is -0.634. The van der Waals surface area contributed by atoms with Gasteiger partial charge in [-0.3, -0.25) is 4.57 Å². The van der Waals surface area contributed by atoms with Crippen LogP contribution in [0.15, 0.2) is 0 Å². The molecule has 0 amide bonds.